The normalized spacial score (nSPS) is 13.2. The zero-order chi connectivity index (χ0) is 35.7. The number of carbonyl (C=O) groups excluding carboxylic acids is 3. The van der Waals surface area contributed by atoms with Crippen molar-refractivity contribution in [2.75, 3.05) is 17.7 Å². The van der Waals surface area contributed by atoms with Crippen molar-refractivity contribution >= 4 is 57.6 Å². The fraction of sp³-hybridized carbons (Fsp3) is 0.200. The molecule has 2 aromatic heterocycles. The number of aryl methyl sites for hydroxylation is 1. The third kappa shape index (κ3) is 8.60. The second kappa shape index (κ2) is 16.4. The van der Waals surface area contributed by atoms with Gasteiger partial charge in [0.05, 0.1) is 23.5 Å². The van der Waals surface area contributed by atoms with Crippen LogP contribution in [0.3, 0.4) is 0 Å². The standard InChI is InChI=1S/C40H36N4O5S2/c1-25(37(45)44-40-32(24-41)30-13-7-4-8-16-36(30)51-40)50-29-20-17-27(18-21-29)42-39(47)33(43-38(46)26-11-5-3-6-12-26)23-28-19-22-35(49-28)31-14-9-10-15-34(31)48-2/h3,5-6,9-12,14-15,17-23,25H,4,7-8,13,16H2,1-2H3,(H,42,47)(H,43,46)(H,44,45)/b33-23+/t25-/m0/s1. The molecule has 11 heteroatoms. The number of nitriles is 1. The van der Waals surface area contributed by atoms with Gasteiger partial charge in [0.25, 0.3) is 11.8 Å². The van der Waals surface area contributed by atoms with Gasteiger partial charge in [-0.3, -0.25) is 14.4 Å². The average molecular weight is 717 g/mol. The molecule has 1 aliphatic carbocycles. The third-order valence-corrected chi connectivity index (χ3v) is 10.7. The summed E-state index contributed by atoms with van der Waals surface area (Å²) < 4.78 is 11.5. The molecule has 3 N–H and O–H groups in total. The molecule has 1 atom stereocenters. The molecule has 0 saturated heterocycles. The number of hydrogen-bond acceptors (Lipinski definition) is 8. The number of fused-ring (bicyclic) bond motifs is 1. The minimum absolute atomic E-state index is 0.0175. The second-order valence-electron chi connectivity index (χ2n) is 11.9. The molecule has 5 aromatic rings. The maximum atomic E-state index is 13.6. The van der Waals surface area contributed by atoms with Gasteiger partial charge < -0.3 is 25.1 Å². The Morgan fingerprint density at radius 2 is 1.67 bits per heavy atom. The van der Waals surface area contributed by atoms with Crippen LogP contribution in [-0.4, -0.2) is 30.1 Å². The van der Waals surface area contributed by atoms with E-state index >= 15 is 0 Å². The number of thiophene rings is 1. The topological polar surface area (TPSA) is 133 Å². The number of methoxy groups -OCH3 is 1. The van der Waals surface area contributed by atoms with Crippen LogP contribution >= 0.6 is 23.1 Å². The number of nitrogens with one attached hydrogen (secondary N) is 3. The number of amides is 3. The first kappa shape index (κ1) is 35.3. The van der Waals surface area contributed by atoms with Crippen molar-refractivity contribution in [3.05, 3.63) is 124 Å². The van der Waals surface area contributed by atoms with Gasteiger partial charge in [0.2, 0.25) is 5.91 Å². The first-order chi connectivity index (χ1) is 24.8. The van der Waals surface area contributed by atoms with Crippen LogP contribution in [0.4, 0.5) is 10.7 Å². The SMILES string of the molecule is COc1ccccc1-c1ccc(/C=C(/NC(=O)c2ccccc2)C(=O)Nc2ccc(S[C@@H](C)C(=O)Nc3sc4c(c3C#N)CCCCC4)cc2)o1. The predicted octanol–water partition coefficient (Wildman–Crippen LogP) is 8.69. The van der Waals surface area contributed by atoms with E-state index in [-0.39, 0.29) is 11.6 Å². The van der Waals surface area contributed by atoms with Gasteiger partial charge in [0, 0.05) is 27.1 Å². The smallest absolute Gasteiger partial charge is 0.272 e. The lowest BCUT2D eigenvalue weighted by molar-refractivity contribution is -0.115. The summed E-state index contributed by atoms with van der Waals surface area (Å²) in [4.78, 5) is 41.9. The minimum Gasteiger partial charge on any atom is -0.496 e. The van der Waals surface area contributed by atoms with Crippen molar-refractivity contribution < 1.29 is 23.5 Å². The lowest BCUT2D eigenvalue weighted by atomic mass is 10.1. The number of nitrogens with zero attached hydrogens (tertiary/aromatic N) is 1. The average Bonchev–Trinajstić information content (AvgIpc) is 3.68. The van der Waals surface area contributed by atoms with E-state index in [0.29, 0.717) is 39.1 Å². The highest BCUT2D eigenvalue weighted by atomic mass is 32.2. The highest BCUT2D eigenvalue weighted by Gasteiger charge is 2.23. The molecule has 3 amide bonds. The fourth-order valence-electron chi connectivity index (χ4n) is 5.74. The van der Waals surface area contributed by atoms with Gasteiger partial charge in [-0.2, -0.15) is 5.26 Å². The van der Waals surface area contributed by atoms with Gasteiger partial charge in [0.1, 0.15) is 34.0 Å². The summed E-state index contributed by atoms with van der Waals surface area (Å²) >= 11 is 2.89. The van der Waals surface area contributed by atoms with E-state index in [1.165, 1.54) is 34.1 Å². The van der Waals surface area contributed by atoms with E-state index in [1.54, 1.807) is 61.7 Å². The van der Waals surface area contributed by atoms with E-state index in [2.05, 4.69) is 22.0 Å². The number of thioether (sulfide) groups is 1. The van der Waals surface area contributed by atoms with Gasteiger partial charge in [-0.25, -0.2) is 0 Å². The van der Waals surface area contributed by atoms with E-state index < -0.39 is 17.1 Å². The van der Waals surface area contributed by atoms with Crippen LogP contribution in [0.25, 0.3) is 17.4 Å². The van der Waals surface area contributed by atoms with E-state index in [0.717, 1.165) is 48.1 Å². The van der Waals surface area contributed by atoms with Crippen LogP contribution in [0.1, 0.15) is 58.3 Å². The number of para-hydroxylation sites is 1. The third-order valence-electron chi connectivity index (χ3n) is 8.38. The lowest BCUT2D eigenvalue weighted by Gasteiger charge is -2.13. The number of rotatable bonds is 11. The van der Waals surface area contributed by atoms with Gasteiger partial charge in [-0.05, 0) is 98.8 Å². The summed E-state index contributed by atoms with van der Waals surface area (Å²) in [7, 11) is 1.58. The van der Waals surface area contributed by atoms with Crippen LogP contribution in [0, 0.1) is 11.3 Å². The maximum absolute atomic E-state index is 13.6. The van der Waals surface area contributed by atoms with Gasteiger partial charge >= 0.3 is 0 Å². The van der Waals surface area contributed by atoms with Crippen LogP contribution in [0.15, 0.2) is 106 Å². The van der Waals surface area contributed by atoms with Gasteiger partial charge in [-0.1, -0.05) is 36.8 Å². The van der Waals surface area contributed by atoms with Crippen LogP contribution in [0.2, 0.25) is 0 Å². The predicted molar refractivity (Wildman–Crippen MR) is 202 cm³/mol. The number of carbonyl (C=O) groups is 3. The van der Waals surface area contributed by atoms with Crippen molar-refractivity contribution in [1.29, 1.82) is 5.26 Å². The Balaban J connectivity index is 1.14. The van der Waals surface area contributed by atoms with Gasteiger partial charge in [-0.15, -0.1) is 23.1 Å². The molecule has 2 heterocycles. The Bertz CT molecular complexity index is 2110. The van der Waals surface area contributed by atoms with Crippen LogP contribution < -0.4 is 20.7 Å². The Hall–Kier alpha value is -5.57. The molecule has 0 bridgehead atoms. The summed E-state index contributed by atoms with van der Waals surface area (Å²) in [6.45, 7) is 1.82. The number of benzene rings is 3. The molecule has 3 aromatic carbocycles. The molecule has 0 fully saturated rings. The molecule has 6 rings (SSSR count). The molecule has 0 saturated carbocycles. The monoisotopic (exact) mass is 716 g/mol. The largest absolute Gasteiger partial charge is 0.496 e. The fourth-order valence-corrected chi connectivity index (χ4v) is 7.85. The summed E-state index contributed by atoms with van der Waals surface area (Å²) in [5.74, 6) is 0.352. The van der Waals surface area contributed by atoms with Crippen molar-refractivity contribution in [1.82, 2.24) is 5.32 Å². The van der Waals surface area contributed by atoms with Gasteiger partial charge in [0.15, 0.2) is 0 Å². The van der Waals surface area contributed by atoms with E-state index in [9.17, 15) is 19.6 Å². The summed E-state index contributed by atoms with van der Waals surface area (Å²) in [6.07, 6.45) is 6.62. The first-order valence-electron chi connectivity index (χ1n) is 16.6. The molecule has 258 valence electrons. The number of ether oxygens (including phenoxy) is 1. The quantitative estimate of drug-likeness (QED) is 0.0708. The van der Waals surface area contributed by atoms with Crippen molar-refractivity contribution in [2.24, 2.45) is 0 Å². The van der Waals surface area contributed by atoms with E-state index in [4.69, 9.17) is 9.15 Å². The highest BCUT2D eigenvalue weighted by molar-refractivity contribution is 8.00. The zero-order valence-corrected chi connectivity index (χ0v) is 29.8. The molecular formula is C40H36N4O5S2. The Labute approximate surface area is 304 Å². The Kier molecular flexibility index (Phi) is 11.4. The second-order valence-corrected chi connectivity index (χ2v) is 14.4. The molecule has 0 spiro atoms. The van der Waals surface area contributed by atoms with E-state index in [1.807, 2.05) is 43.3 Å². The first-order valence-corrected chi connectivity index (χ1v) is 18.3. The molecule has 51 heavy (non-hydrogen) atoms. The Morgan fingerprint density at radius 1 is 0.922 bits per heavy atom. The zero-order valence-electron chi connectivity index (χ0n) is 28.2. The molecule has 0 radical (unpaired) electrons. The molecule has 1 aliphatic rings. The number of furan rings is 1. The maximum Gasteiger partial charge on any atom is 0.272 e. The minimum atomic E-state index is -0.551. The summed E-state index contributed by atoms with van der Waals surface area (Å²) in [5, 5.41) is 18.6. The summed E-state index contributed by atoms with van der Waals surface area (Å²) in [5.41, 5.74) is 3.30. The molecule has 0 unspecified atom stereocenters. The molecular weight excluding hydrogens is 681 g/mol. The van der Waals surface area contributed by atoms with Crippen molar-refractivity contribution in [3.63, 3.8) is 0 Å². The highest BCUT2D eigenvalue weighted by Crippen LogP contribution is 2.38. The molecule has 9 nitrogen and oxygen atoms in total. The van der Waals surface area contributed by atoms with Crippen molar-refractivity contribution in [3.8, 4) is 23.1 Å². The molecule has 0 aliphatic heterocycles. The van der Waals surface area contributed by atoms with Crippen LogP contribution in [0.5, 0.6) is 5.75 Å². The number of hydrogen-bond donors (Lipinski definition) is 3. The Morgan fingerprint density at radius 3 is 2.43 bits per heavy atom. The summed E-state index contributed by atoms with van der Waals surface area (Å²) in [6, 6.07) is 28.9. The van der Waals surface area contributed by atoms with Crippen molar-refractivity contribution in [2.45, 2.75) is 49.2 Å². The number of anilines is 2. The van der Waals surface area contributed by atoms with Crippen LogP contribution in [-0.2, 0) is 22.4 Å². The lowest BCUT2D eigenvalue weighted by Crippen LogP contribution is -2.30.